The van der Waals surface area contributed by atoms with Gasteiger partial charge in [0.2, 0.25) is 0 Å². The molecule has 0 atom stereocenters. The van der Waals surface area contributed by atoms with Crippen molar-refractivity contribution in [1.29, 1.82) is 0 Å². The first-order chi connectivity index (χ1) is 8.13. The maximum Gasteiger partial charge on any atom is -0.0184 e. The van der Waals surface area contributed by atoms with Gasteiger partial charge < -0.3 is 0 Å². The van der Waals surface area contributed by atoms with Gasteiger partial charge in [0, 0.05) is 0 Å². The SMILES string of the molecule is C=C(C(=CC)C(=CC)CC)c1ccc(C)cc1. The summed E-state index contributed by atoms with van der Waals surface area (Å²) in [4.78, 5) is 0. The van der Waals surface area contributed by atoms with Crippen LogP contribution in [0.3, 0.4) is 0 Å². The second-order valence-corrected chi connectivity index (χ2v) is 4.21. The fourth-order valence-electron chi connectivity index (χ4n) is 2.01. The first-order valence-electron chi connectivity index (χ1n) is 6.22. The van der Waals surface area contributed by atoms with Crippen LogP contribution in [0.4, 0.5) is 0 Å². The molecule has 0 aliphatic heterocycles. The van der Waals surface area contributed by atoms with Crippen molar-refractivity contribution in [2.24, 2.45) is 0 Å². The Balaban J connectivity index is 3.07. The van der Waals surface area contributed by atoms with Crippen LogP contribution in [0.25, 0.3) is 5.57 Å². The summed E-state index contributed by atoms with van der Waals surface area (Å²) in [6, 6.07) is 8.55. The van der Waals surface area contributed by atoms with E-state index >= 15 is 0 Å². The van der Waals surface area contributed by atoms with E-state index in [4.69, 9.17) is 0 Å². The molecule has 0 aromatic heterocycles. The summed E-state index contributed by atoms with van der Waals surface area (Å²) in [5.41, 5.74) is 6.22. The van der Waals surface area contributed by atoms with Crippen LogP contribution in [0.5, 0.6) is 0 Å². The highest BCUT2D eigenvalue weighted by Crippen LogP contribution is 2.28. The van der Waals surface area contributed by atoms with Crippen molar-refractivity contribution in [2.45, 2.75) is 34.1 Å². The predicted octanol–water partition coefficient (Wildman–Crippen LogP) is 5.31. The maximum atomic E-state index is 4.23. The fourth-order valence-corrected chi connectivity index (χ4v) is 2.01. The van der Waals surface area contributed by atoms with Crippen molar-refractivity contribution in [2.75, 3.05) is 0 Å². The Morgan fingerprint density at radius 2 is 1.71 bits per heavy atom. The van der Waals surface area contributed by atoms with Crippen LogP contribution in [0, 0.1) is 6.92 Å². The molecular weight excluding hydrogens is 204 g/mol. The summed E-state index contributed by atoms with van der Waals surface area (Å²) in [6.45, 7) is 12.7. The summed E-state index contributed by atoms with van der Waals surface area (Å²) in [5.74, 6) is 0. The molecule has 0 unspecified atom stereocenters. The Morgan fingerprint density at radius 1 is 1.12 bits per heavy atom. The Kier molecular flexibility index (Phi) is 4.96. The summed E-state index contributed by atoms with van der Waals surface area (Å²) in [7, 11) is 0. The van der Waals surface area contributed by atoms with Gasteiger partial charge >= 0.3 is 0 Å². The van der Waals surface area contributed by atoms with E-state index in [-0.39, 0.29) is 0 Å². The van der Waals surface area contributed by atoms with Crippen LogP contribution in [-0.4, -0.2) is 0 Å². The summed E-state index contributed by atoms with van der Waals surface area (Å²) in [5, 5.41) is 0. The van der Waals surface area contributed by atoms with Gasteiger partial charge in [-0.3, -0.25) is 0 Å². The van der Waals surface area contributed by atoms with E-state index in [9.17, 15) is 0 Å². The van der Waals surface area contributed by atoms with Crippen LogP contribution in [0.2, 0.25) is 0 Å². The van der Waals surface area contributed by atoms with Crippen LogP contribution in [-0.2, 0) is 0 Å². The van der Waals surface area contributed by atoms with Gasteiger partial charge in [-0.1, -0.05) is 55.5 Å². The van der Waals surface area contributed by atoms with Gasteiger partial charge in [0.05, 0.1) is 0 Å². The number of benzene rings is 1. The molecule has 17 heavy (non-hydrogen) atoms. The standard InChI is InChI=1S/C17H22/c1-6-15(7-2)17(8-3)14(5)16-11-9-13(4)10-12-16/h6,8-12H,5,7H2,1-4H3. The van der Waals surface area contributed by atoms with E-state index in [1.807, 2.05) is 0 Å². The number of rotatable bonds is 4. The highest BCUT2D eigenvalue weighted by atomic mass is 14.1. The smallest absolute Gasteiger partial charge is 0.0184 e. The average molecular weight is 226 g/mol. The molecule has 0 nitrogen and oxygen atoms in total. The van der Waals surface area contributed by atoms with E-state index in [0.29, 0.717) is 0 Å². The molecule has 0 bridgehead atoms. The van der Waals surface area contributed by atoms with E-state index < -0.39 is 0 Å². The summed E-state index contributed by atoms with van der Waals surface area (Å²) >= 11 is 0. The van der Waals surface area contributed by atoms with Crippen molar-refractivity contribution < 1.29 is 0 Å². The molecule has 0 spiro atoms. The van der Waals surface area contributed by atoms with Crippen molar-refractivity contribution in [3.05, 3.63) is 65.3 Å². The molecule has 0 fully saturated rings. The first-order valence-corrected chi connectivity index (χ1v) is 6.22. The summed E-state index contributed by atoms with van der Waals surface area (Å²) < 4.78 is 0. The second kappa shape index (κ2) is 6.24. The molecule has 1 aromatic rings. The van der Waals surface area contributed by atoms with Gasteiger partial charge in [-0.2, -0.15) is 0 Å². The number of aryl methyl sites for hydroxylation is 1. The Bertz CT molecular complexity index is 441. The van der Waals surface area contributed by atoms with Crippen LogP contribution in [0.15, 0.2) is 54.1 Å². The van der Waals surface area contributed by atoms with Crippen LogP contribution in [0.1, 0.15) is 38.3 Å². The zero-order chi connectivity index (χ0) is 12.8. The van der Waals surface area contributed by atoms with Crippen molar-refractivity contribution in [3.8, 4) is 0 Å². The third-order valence-corrected chi connectivity index (χ3v) is 3.09. The second-order valence-electron chi connectivity index (χ2n) is 4.21. The topological polar surface area (TPSA) is 0 Å². The number of hydrogen-bond acceptors (Lipinski definition) is 0. The number of allylic oxidation sites excluding steroid dienone is 5. The molecule has 0 saturated heterocycles. The molecule has 90 valence electrons. The van der Waals surface area contributed by atoms with Gasteiger partial charge in [-0.25, -0.2) is 0 Å². The van der Waals surface area contributed by atoms with Gasteiger partial charge in [0.25, 0.3) is 0 Å². The maximum absolute atomic E-state index is 4.23. The van der Waals surface area contributed by atoms with Gasteiger partial charge in [-0.05, 0) is 49.5 Å². The van der Waals surface area contributed by atoms with Gasteiger partial charge in [0.15, 0.2) is 0 Å². The molecule has 1 aromatic carbocycles. The minimum absolute atomic E-state index is 1.04. The van der Waals surface area contributed by atoms with Crippen LogP contribution < -0.4 is 0 Å². The Morgan fingerprint density at radius 3 is 2.12 bits per heavy atom. The third-order valence-electron chi connectivity index (χ3n) is 3.09. The molecule has 0 amide bonds. The van der Waals surface area contributed by atoms with E-state index in [0.717, 1.165) is 12.0 Å². The first kappa shape index (κ1) is 13.5. The lowest BCUT2D eigenvalue weighted by Gasteiger charge is -2.13. The van der Waals surface area contributed by atoms with Crippen molar-refractivity contribution >= 4 is 5.57 Å². The highest BCUT2D eigenvalue weighted by molar-refractivity contribution is 5.81. The zero-order valence-corrected chi connectivity index (χ0v) is 11.4. The van der Waals surface area contributed by atoms with E-state index in [2.05, 4.69) is 70.7 Å². The molecule has 0 heterocycles. The van der Waals surface area contributed by atoms with Gasteiger partial charge in [0.1, 0.15) is 0 Å². The monoisotopic (exact) mass is 226 g/mol. The molecule has 0 aliphatic carbocycles. The predicted molar refractivity (Wildman–Crippen MR) is 78.0 cm³/mol. The minimum atomic E-state index is 1.04. The molecule has 1 rings (SSSR count). The average Bonchev–Trinajstić information content (AvgIpc) is 2.36. The van der Waals surface area contributed by atoms with Gasteiger partial charge in [-0.15, -0.1) is 0 Å². The quantitative estimate of drug-likeness (QED) is 0.610. The molecule has 0 saturated carbocycles. The van der Waals surface area contributed by atoms with E-state index in [1.54, 1.807) is 0 Å². The fraction of sp³-hybridized carbons (Fsp3) is 0.294. The lowest BCUT2D eigenvalue weighted by molar-refractivity contribution is 1.12. The highest BCUT2D eigenvalue weighted by Gasteiger charge is 2.07. The Hall–Kier alpha value is -1.56. The van der Waals surface area contributed by atoms with Crippen molar-refractivity contribution in [1.82, 2.24) is 0 Å². The normalized spacial score (nSPS) is 12.7. The number of hydrogen-bond donors (Lipinski definition) is 0. The van der Waals surface area contributed by atoms with E-state index in [1.165, 1.54) is 22.3 Å². The lowest BCUT2D eigenvalue weighted by Crippen LogP contribution is -1.93. The summed E-state index contributed by atoms with van der Waals surface area (Å²) in [6.07, 6.45) is 5.37. The lowest BCUT2D eigenvalue weighted by atomic mass is 9.91. The zero-order valence-electron chi connectivity index (χ0n) is 11.4. The molecule has 0 radical (unpaired) electrons. The largest absolute Gasteiger partial charge is 0.0906 e. The Labute approximate surface area is 105 Å². The molecule has 0 aliphatic rings. The molecule has 0 heteroatoms. The van der Waals surface area contributed by atoms with Crippen molar-refractivity contribution in [3.63, 3.8) is 0 Å². The molecular formula is C17H22. The minimum Gasteiger partial charge on any atom is -0.0906 e. The third kappa shape index (κ3) is 3.20. The van der Waals surface area contributed by atoms with Crippen LogP contribution >= 0.6 is 0 Å². The molecule has 0 N–H and O–H groups in total.